The van der Waals surface area contributed by atoms with Crippen molar-refractivity contribution in [3.63, 3.8) is 0 Å². The van der Waals surface area contributed by atoms with E-state index in [2.05, 4.69) is 10.3 Å². The van der Waals surface area contributed by atoms with Gasteiger partial charge in [0.25, 0.3) is 5.91 Å². The summed E-state index contributed by atoms with van der Waals surface area (Å²) < 4.78 is 1.65. The third-order valence-electron chi connectivity index (χ3n) is 3.20. The Kier molecular flexibility index (Phi) is 4.16. The zero-order chi connectivity index (χ0) is 13.8. The molecule has 1 aliphatic heterocycles. The second-order valence-corrected chi connectivity index (χ2v) is 4.65. The van der Waals surface area contributed by atoms with E-state index in [1.54, 1.807) is 36.0 Å². The van der Waals surface area contributed by atoms with Crippen LogP contribution in [0, 0.1) is 0 Å². The largest absolute Gasteiger partial charge is 0.339 e. The van der Waals surface area contributed by atoms with Crippen molar-refractivity contribution < 1.29 is 9.59 Å². The third-order valence-corrected chi connectivity index (χ3v) is 3.20. The molecule has 1 saturated heterocycles. The number of imidazole rings is 1. The Bertz CT molecular complexity index is 464. The zero-order valence-electron chi connectivity index (χ0n) is 11.3. The molecule has 1 fully saturated rings. The lowest BCUT2D eigenvalue weighted by Crippen LogP contribution is -2.49. The Balaban J connectivity index is 1.93. The van der Waals surface area contributed by atoms with Crippen molar-refractivity contribution in [1.29, 1.82) is 0 Å². The van der Waals surface area contributed by atoms with Gasteiger partial charge in [-0.3, -0.25) is 9.59 Å². The minimum atomic E-state index is -0.240. The summed E-state index contributed by atoms with van der Waals surface area (Å²) in [5.41, 5.74) is 0. The Morgan fingerprint density at radius 1 is 1.42 bits per heavy atom. The van der Waals surface area contributed by atoms with Crippen LogP contribution < -0.4 is 5.32 Å². The Morgan fingerprint density at radius 3 is 2.68 bits per heavy atom. The number of hydrogen-bond acceptors (Lipinski definition) is 4. The Morgan fingerprint density at radius 2 is 2.11 bits per heavy atom. The van der Waals surface area contributed by atoms with Gasteiger partial charge in [-0.15, -0.1) is 0 Å². The van der Waals surface area contributed by atoms with E-state index >= 15 is 0 Å². The van der Waals surface area contributed by atoms with Crippen LogP contribution in [0.15, 0.2) is 12.4 Å². The van der Waals surface area contributed by atoms with Gasteiger partial charge in [0.1, 0.15) is 0 Å². The lowest BCUT2D eigenvalue weighted by Gasteiger charge is -2.29. The number of nitrogens with one attached hydrogen (secondary N) is 1. The molecule has 0 aliphatic carbocycles. The van der Waals surface area contributed by atoms with Crippen molar-refractivity contribution in [2.45, 2.75) is 0 Å². The molecular formula is C12H19N5O2. The highest BCUT2D eigenvalue weighted by molar-refractivity contribution is 5.93. The van der Waals surface area contributed by atoms with E-state index in [9.17, 15) is 9.59 Å². The maximum absolute atomic E-state index is 12.1. The van der Waals surface area contributed by atoms with E-state index in [0.29, 0.717) is 18.9 Å². The molecule has 0 radical (unpaired) electrons. The maximum atomic E-state index is 12.1. The topological polar surface area (TPSA) is 70.5 Å². The van der Waals surface area contributed by atoms with Crippen molar-refractivity contribution >= 4 is 11.8 Å². The van der Waals surface area contributed by atoms with E-state index in [4.69, 9.17) is 0 Å². The summed E-state index contributed by atoms with van der Waals surface area (Å²) in [5, 5.41) is 3.19. The second-order valence-electron chi connectivity index (χ2n) is 4.65. The summed E-state index contributed by atoms with van der Waals surface area (Å²) in [5.74, 6) is 0.0816. The molecule has 7 heteroatoms. The molecule has 0 saturated carbocycles. The lowest BCUT2D eigenvalue weighted by molar-refractivity contribution is -0.132. The number of piperazine rings is 1. The van der Waals surface area contributed by atoms with Gasteiger partial charge >= 0.3 is 0 Å². The summed E-state index contributed by atoms with van der Waals surface area (Å²) in [6.07, 6.45) is 3.28. The van der Waals surface area contributed by atoms with Crippen LogP contribution in [-0.4, -0.2) is 70.9 Å². The van der Waals surface area contributed by atoms with E-state index < -0.39 is 0 Å². The normalized spacial score (nSPS) is 15.4. The standard InChI is InChI=1S/C12H19N5O2/c1-15-6-5-14-11(15)12(19)16(2)9-10(18)17-7-3-13-4-8-17/h5-6,13H,3-4,7-9H2,1-2H3. The number of hydrogen-bond donors (Lipinski definition) is 1. The molecular weight excluding hydrogens is 246 g/mol. The first kappa shape index (κ1) is 13.5. The quantitative estimate of drug-likeness (QED) is 0.755. The molecule has 104 valence electrons. The minimum absolute atomic E-state index is 0.0217. The molecule has 0 spiro atoms. The van der Waals surface area contributed by atoms with Crippen molar-refractivity contribution in [3.05, 3.63) is 18.2 Å². The molecule has 19 heavy (non-hydrogen) atoms. The van der Waals surface area contributed by atoms with Crippen LogP contribution in [0.5, 0.6) is 0 Å². The van der Waals surface area contributed by atoms with Gasteiger partial charge in [-0.2, -0.15) is 0 Å². The molecule has 1 aromatic rings. The van der Waals surface area contributed by atoms with Crippen LogP contribution in [0.4, 0.5) is 0 Å². The molecule has 0 aromatic carbocycles. The molecule has 7 nitrogen and oxygen atoms in total. The molecule has 1 aliphatic rings. The molecule has 0 unspecified atom stereocenters. The fraction of sp³-hybridized carbons (Fsp3) is 0.583. The monoisotopic (exact) mass is 265 g/mol. The number of rotatable bonds is 3. The molecule has 0 atom stereocenters. The Labute approximate surface area is 112 Å². The van der Waals surface area contributed by atoms with Crippen LogP contribution in [-0.2, 0) is 11.8 Å². The lowest BCUT2D eigenvalue weighted by atomic mass is 10.3. The van der Waals surface area contributed by atoms with Crippen LogP contribution in [0.3, 0.4) is 0 Å². The predicted octanol–water partition coefficient (Wildman–Crippen LogP) is -1.08. The highest BCUT2D eigenvalue weighted by atomic mass is 16.2. The average Bonchev–Trinajstić information content (AvgIpc) is 2.85. The van der Waals surface area contributed by atoms with Gasteiger partial charge in [0.15, 0.2) is 5.82 Å². The summed E-state index contributed by atoms with van der Waals surface area (Å²) >= 11 is 0. The van der Waals surface area contributed by atoms with Gasteiger partial charge in [0, 0.05) is 52.7 Å². The van der Waals surface area contributed by atoms with Gasteiger partial charge in [-0.25, -0.2) is 4.98 Å². The first-order valence-corrected chi connectivity index (χ1v) is 6.31. The van der Waals surface area contributed by atoms with Crippen LogP contribution in [0.2, 0.25) is 0 Å². The van der Waals surface area contributed by atoms with Crippen LogP contribution >= 0.6 is 0 Å². The summed E-state index contributed by atoms with van der Waals surface area (Å²) in [6, 6.07) is 0. The molecule has 2 rings (SSSR count). The van der Waals surface area contributed by atoms with E-state index in [0.717, 1.165) is 13.1 Å². The number of amides is 2. The summed E-state index contributed by atoms with van der Waals surface area (Å²) in [7, 11) is 3.38. The highest BCUT2D eigenvalue weighted by Crippen LogP contribution is 2.01. The number of aryl methyl sites for hydroxylation is 1. The van der Waals surface area contributed by atoms with Crippen LogP contribution in [0.1, 0.15) is 10.6 Å². The molecule has 0 bridgehead atoms. The van der Waals surface area contributed by atoms with E-state index in [1.165, 1.54) is 4.90 Å². The zero-order valence-corrected chi connectivity index (χ0v) is 11.3. The van der Waals surface area contributed by atoms with Crippen molar-refractivity contribution in [1.82, 2.24) is 24.7 Å². The SMILES string of the molecule is CN(CC(=O)N1CCNCC1)C(=O)c1nccn1C. The van der Waals surface area contributed by atoms with Gasteiger partial charge in [0.05, 0.1) is 6.54 Å². The number of nitrogens with zero attached hydrogens (tertiary/aromatic N) is 4. The molecule has 1 N–H and O–H groups in total. The first-order valence-electron chi connectivity index (χ1n) is 6.31. The van der Waals surface area contributed by atoms with Gasteiger partial charge in [-0.1, -0.05) is 0 Å². The van der Waals surface area contributed by atoms with Gasteiger partial charge in [0.2, 0.25) is 5.91 Å². The smallest absolute Gasteiger partial charge is 0.290 e. The predicted molar refractivity (Wildman–Crippen MR) is 69.6 cm³/mol. The minimum Gasteiger partial charge on any atom is -0.339 e. The average molecular weight is 265 g/mol. The highest BCUT2D eigenvalue weighted by Gasteiger charge is 2.22. The first-order chi connectivity index (χ1) is 9.09. The maximum Gasteiger partial charge on any atom is 0.290 e. The molecule has 2 amide bonds. The summed E-state index contributed by atoms with van der Waals surface area (Å²) in [4.78, 5) is 31.3. The van der Waals surface area contributed by atoms with Crippen molar-refractivity contribution in [3.8, 4) is 0 Å². The fourth-order valence-electron chi connectivity index (χ4n) is 2.03. The Hall–Kier alpha value is -1.89. The second kappa shape index (κ2) is 5.83. The van der Waals surface area contributed by atoms with Gasteiger partial charge in [-0.05, 0) is 0 Å². The summed E-state index contributed by atoms with van der Waals surface area (Å²) in [6.45, 7) is 3.10. The fourth-order valence-corrected chi connectivity index (χ4v) is 2.03. The number of carbonyl (C=O) groups excluding carboxylic acids is 2. The van der Waals surface area contributed by atoms with Crippen molar-refractivity contribution in [2.75, 3.05) is 39.8 Å². The van der Waals surface area contributed by atoms with Crippen LogP contribution in [0.25, 0.3) is 0 Å². The third kappa shape index (κ3) is 3.11. The number of carbonyl (C=O) groups is 2. The van der Waals surface area contributed by atoms with E-state index in [-0.39, 0.29) is 18.4 Å². The van der Waals surface area contributed by atoms with Crippen molar-refractivity contribution in [2.24, 2.45) is 7.05 Å². The van der Waals surface area contributed by atoms with E-state index in [1.807, 2.05) is 0 Å². The number of aromatic nitrogens is 2. The molecule has 1 aromatic heterocycles. The van der Waals surface area contributed by atoms with Gasteiger partial charge < -0.3 is 19.7 Å². The number of likely N-dealkylation sites (N-methyl/N-ethyl adjacent to an activating group) is 1. The molecule has 2 heterocycles.